The molecule has 8 rings (SSSR count). The normalized spacial score (nSPS) is 24.4. The summed E-state index contributed by atoms with van der Waals surface area (Å²) >= 11 is 0. The molecule has 0 spiro atoms. The first-order valence-electron chi connectivity index (χ1n) is 17.4. The molecule has 240 valence electrons. The minimum absolute atomic E-state index is 0.0904. The average Bonchev–Trinajstić information content (AvgIpc) is 3.64. The number of nitrogens with one attached hydrogen (secondary N) is 3. The number of para-hydroxylation sites is 2. The maximum Gasteiger partial charge on any atom is 0.254 e. The number of Topliss-reactive ketones (excluding diaryl/α,β-unsaturated/α-hetero) is 1. The van der Waals surface area contributed by atoms with Gasteiger partial charge in [0.05, 0.1) is 5.56 Å². The van der Waals surface area contributed by atoms with E-state index in [1.807, 2.05) is 30.3 Å². The van der Waals surface area contributed by atoms with Crippen molar-refractivity contribution in [3.05, 3.63) is 95.3 Å². The zero-order valence-corrected chi connectivity index (χ0v) is 27.5. The van der Waals surface area contributed by atoms with Crippen LogP contribution in [0.15, 0.2) is 84.2 Å². The smallest absolute Gasteiger partial charge is 0.254 e. The van der Waals surface area contributed by atoms with Crippen LogP contribution >= 0.6 is 0 Å². The van der Waals surface area contributed by atoms with E-state index in [0.29, 0.717) is 42.1 Å². The highest BCUT2D eigenvalue weighted by Crippen LogP contribution is 2.58. The third-order valence-electron chi connectivity index (χ3n) is 11.0. The number of fused-ring (bicyclic) bond motifs is 2. The Kier molecular flexibility index (Phi) is 8.74. The Balaban J connectivity index is 1.13. The Morgan fingerprint density at radius 3 is 2.33 bits per heavy atom. The molecule has 6 heteroatoms. The molecule has 0 radical (unpaired) electrons. The standard InChI is InChI=1S/C40H48N4O2/c1-25(2)9-8-10-26(3)15-16-41-23-36(39(45)33-22-42-35-13-6-4-11-31(33)35)43-40(46)34-24-44(37-14-7-5-12-32(34)37)38-29-18-27-17-28(20-29)21-30(38)19-27/h4-7,9,11-15,22,24,27-30,36,38,41-42H,8,10,16-21,23H2,1-3H3,(H,43,46)/b26-15+. The van der Waals surface area contributed by atoms with Crippen LogP contribution in [-0.2, 0) is 0 Å². The van der Waals surface area contributed by atoms with Crippen LogP contribution in [0.5, 0.6) is 0 Å². The molecule has 1 amide bonds. The van der Waals surface area contributed by atoms with Gasteiger partial charge in [-0.3, -0.25) is 9.59 Å². The molecule has 4 bridgehead atoms. The number of nitrogens with zero attached hydrogens (tertiary/aromatic N) is 1. The summed E-state index contributed by atoms with van der Waals surface area (Å²) in [6.45, 7) is 7.38. The predicted octanol–water partition coefficient (Wildman–Crippen LogP) is 8.38. The highest BCUT2D eigenvalue weighted by molar-refractivity contribution is 6.13. The molecule has 4 saturated carbocycles. The van der Waals surface area contributed by atoms with Crippen LogP contribution in [0.1, 0.15) is 92.5 Å². The van der Waals surface area contributed by atoms with E-state index in [0.717, 1.165) is 46.5 Å². The topological polar surface area (TPSA) is 78.9 Å². The van der Waals surface area contributed by atoms with E-state index in [-0.39, 0.29) is 11.7 Å². The number of allylic oxidation sites excluding steroid dienone is 3. The van der Waals surface area contributed by atoms with E-state index in [4.69, 9.17) is 0 Å². The van der Waals surface area contributed by atoms with Crippen molar-refractivity contribution >= 4 is 33.5 Å². The minimum atomic E-state index is -0.714. The van der Waals surface area contributed by atoms with Crippen molar-refractivity contribution in [1.29, 1.82) is 0 Å². The second-order valence-corrected chi connectivity index (χ2v) is 14.6. The zero-order chi connectivity index (χ0) is 31.8. The van der Waals surface area contributed by atoms with Gasteiger partial charge >= 0.3 is 0 Å². The number of carbonyl (C=O) groups excluding carboxylic acids is 2. The van der Waals surface area contributed by atoms with Crippen LogP contribution in [0.25, 0.3) is 21.8 Å². The molecule has 1 atom stereocenters. The lowest BCUT2D eigenvalue weighted by molar-refractivity contribution is -0.0275. The van der Waals surface area contributed by atoms with Gasteiger partial charge in [0, 0.05) is 58.9 Å². The van der Waals surface area contributed by atoms with Gasteiger partial charge in [0.15, 0.2) is 5.78 Å². The van der Waals surface area contributed by atoms with Crippen molar-refractivity contribution in [1.82, 2.24) is 20.2 Å². The van der Waals surface area contributed by atoms with Gasteiger partial charge < -0.3 is 20.2 Å². The first kappa shape index (κ1) is 30.7. The second kappa shape index (κ2) is 13.1. The van der Waals surface area contributed by atoms with Gasteiger partial charge in [-0.05, 0) is 102 Å². The van der Waals surface area contributed by atoms with Gasteiger partial charge in [0.1, 0.15) is 6.04 Å². The van der Waals surface area contributed by atoms with E-state index in [2.05, 4.69) is 77.5 Å². The van der Waals surface area contributed by atoms with Gasteiger partial charge in [-0.1, -0.05) is 59.7 Å². The molecule has 6 nitrogen and oxygen atoms in total. The average molecular weight is 617 g/mol. The largest absolute Gasteiger partial charge is 0.360 e. The molecule has 2 heterocycles. The van der Waals surface area contributed by atoms with Crippen LogP contribution in [-0.4, -0.2) is 40.4 Å². The highest BCUT2D eigenvalue weighted by Gasteiger charge is 2.49. The minimum Gasteiger partial charge on any atom is -0.360 e. The van der Waals surface area contributed by atoms with Crippen LogP contribution in [0.2, 0.25) is 0 Å². The summed E-state index contributed by atoms with van der Waals surface area (Å²) < 4.78 is 2.44. The summed E-state index contributed by atoms with van der Waals surface area (Å²) in [7, 11) is 0. The number of aromatic amines is 1. The van der Waals surface area contributed by atoms with Gasteiger partial charge in [0.25, 0.3) is 5.91 Å². The molecule has 1 unspecified atom stereocenters. The van der Waals surface area contributed by atoms with Crippen LogP contribution in [0, 0.1) is 23.7 Å². The van der Waals surface area contributed by atoms with Crippen molar-refractivity contribution in [2.45, 2.75) is 77.8 Å². The second-order valence-electron chi connectivity index (χ2n) is 14.6. The summed E-state index contributed by atoms with van der Waals surface area (Å²) in [5.41, 5.74) is 5.96. The molecule has 4 aliphatic rings. The lowest BCUT2D eigenvalue weighted by atomic mass is 9.54. The van der Waals surface area contributed by atoms with Crippen molar-refractivity contribution in [2.75, 3.05) is 13.1 Å². The summed E-state index contributed by atoms with van der Waals surface area (Å²) in [6, 6.07) is 15.9. The number of carbonyl (C=O) groups is 2. The van der Waals surface area contributed by atoms with E-state index in [9.17, 15) is 9.59 Å². The quantitative estimate of drug-likeness (QED) is 0.0850. The van der Waals surface area contributed by atoms with E-state index in [1.54, 1.807) is 6.20 Å². The van der Waals surface area contributed by atoms with Crippen molar-refractivity contribution in [3.63, 3.8) is 0 Å². The Labute approximate surface area is 272 Å². The number of rotatable bonds is 12. The molecule has 2 aromatic heterocycles. The summed E-state index contributed by atoms with van der Waals surface area (Å²) in [5, 5.41) is 8.48. The van der Waals surface area contributed by atoms with Gasteiger partial charge in [0.2, 0.25) is 0 Å². The third-order valence-corrected chi connectivity index (χ3v) is 11.0. The molecule has 2 aromatic carbocycles. The number of hydrogen-bond acceptors (Lipinski definition) is 3. The maximum absolute atomic E-state index is 14.2. The Morgan fingerprint density at radius 1 is 0.891 bits per heavy atom. The van der Waals surface area contributed by atoms with Crippen LogP contribution in [0.3, 0.4) is 0 Å². The summed E-state index contributed by atoms with van der Waals surface area (Å²) in [4.78, 5) is 31.5. The van der Waals surface area contributed by atoms with Gasteiger partial charge in [-0.2, -0.15) is 0 Å². The fourth-order valence-electron chi connectivity index (χ4n) is 9.06. The number of H-pyrrole nitrogens is 1. The number of amides is 1. The number of ketones is 1. The van der Waals surface area contributed by atoms with Crippen LogP contribution < -0.4 is 10.6 Å². The van der Waals surface area contributed by atoms with E-state index < -0.39 is 6.04 Å². The monoisotopic (exact) mass is 616 g/mol. The molecule has 0 saturated heterocycles. The SMILES string of the molecule is CC(C)=CCC/C(C)=C/CNCC(NC(=O)c1cn(C2C3CC4CC(C3)CC2C4)c2ccccc12)C(=O)c1c[nH]c2ccccc12. The molecule has 4 fully saturated rings. The van der Waals surface area contributed by atoms with Gasteiger partial charge in [-0.15, -0.1) is 0 Å². The molecule has 3 N–H and O–H groups in total. The lowest BCUT2D eigenvalue weighted by Crippen LogP contribution is -2.47. The number of benzene rings is 2. The fourth-order valence-corrected chi connectivity index (χ4v) is 9.06. The first-order valence-corrected chi connectivity index (χ1v) is 17.4. The molecule has 46 heavy (non-hydrogen) atoms. The summed E-state index contributed by atoms with van der Waals surface area (Å²) in [6.07, 6.45) is 17.1. The van der Waals surface area contributed by atoms with Crippen molar-refractivity contribution in [2.24, 2.45) is 23.7 Å². The third kappa shape index (κ3) is 6.12. The molecule has 4 aliphatic carbocycles. The molecular formula is C40H48N4O2. The van der Waals surface area contributed by atoms with Crippen molar-refractivity contribution < 1.29 is 9.59 Å². The molecule has 4 aromatic rings. The molecular weight excluding hydrogens is 568 g/mol. The zero-order valence-electron chi connectivity index (χ0n) is 27.5. The molecule has 0 aliphatic heterocycles. The fraction of sp³-hybridized carbons (Fsp3) is 0.450. The van der Waals surface area contributed by atoms with Gasteiger partial charge in [-0.25, -0.2) is 0 Å². The first-order chi connectivity index (χ1) is 22.4. The Morgan fingerprint density at radius 2 is 1.59 bits per heavy atom. The Hall–Kier alpha value is -3.90. The summed E-state index contributed by atoms with van der Waals surface area (Å²) in [5.74, 6) is 2.90. The number of hydrogen-bond donors (Lipinski definition) is 3. The van der Waals surface area contributed by atoms with E-state index >= 15 is 0 Å². The maximum atomic E-state index is 14.2. The lowest BCUT2D eigenvalue weighted by Gasteiger charge is -2.54. The Bertz CT molecular complexity index is 1770. The van der Waals surface area contributed by atoms with E-state index in [1.165, 1.54) is 43.3 Å². The van der Waals surface area contributed by atoms with Crippen molar-refractivity contribution in [3.8, 4) is 0 Å². The van der Waals surface area contributed by atoms with Crippen LogP contribution in [0.4, 0.5) is 0 Å². The predicted molar refractivity (Wildman–Crippen MR) is 187 cm³/mol. The number of aromatic nitrogens is 2. The highest BCUT2D eigenvalue weighted by atomic mass is 16.2.